The fraction of sp³-hybridized carbons (Fsp3) is 0.571. The standard InChI is InChI=1S/C14H20BrNO2/c1-14(6-3-8-17-11-14)16-7-9-18-13-5-2-4-12(15)10-13/h2,4-5,10,16H,3,6-9,11H2,1H3. The van der Waals surface area contributed by atoms with Crippen molar-refractivity contribution < 1.29 is 9.47 Å². The van der Waals surface area contributed by atoms with Crippen LogP contribution in [-0.4, -0.2) is 31.9 Å². The molecule has 1 aromatic carbocycles. The number of hydrogen-bond acceptors (Lipinski definition) is 3. The number of ether oxygens (including phenoxy) is 2. The van der Waals surface area contributed by atoms with Crippen LogP contribution in [0, 0.1) is 0 Å². The lowest BCUT2D eigenvalue weighted by Crippen LogP contribution is -2.50. The van der Waals surface area contributed by atoms with Gasteiger partial charge in [0.25, 0.3) is 0 Å². The Morgan fingerprint density at radius 2 is 2.39 bits per heavy atom. The summed E-state index contributed by atoms with van der Waals surface area (Å²) in [6.45, 7) is 5.42. The summed E-state index contributed by atoms with van der Waals surface area (Å²) in [5.74, 6) is 0.899. The predicted octanol–water partition coefficient (Wildman–Crippen LogP) is 2.99. The van der Waals surface area contributed by atoms with Crippen LogP contribution in [0.5, 0.6) is 5.75 Å². The van der Waals surface area contributed by atoms with Crippen LogP contribution < -0.4 is 10.1 Å². The molecule has 1 aliphatic heterocycles. The van der Waals surface area contributed by atoms with E-state index in [4.69, 9.17) is 9.47 Å². The van der Waals surface area contributed by atoms with Gasteiger partial charge in [-0.2, -0.15) is 0 Å². The molecule has 0 aliphatic carbocycles. The highest BCUT2D eigenvalue weighted by molar-refractivity contribution is 9.10. The SMILES string of the molecule is CC1(NCCOc2cccc(Br)c2)CCCOC1. The first kappa shape index (κ1) is 13.8. The van der Waals surface area contributed by atoms with E-state index >= 15 is 0 Å². The third kappa shape index (κ3) is 4.26. The van der Waals surface area contributed by atoms with Gasteiger partial charge in [-0.3, -0.25) is 0 Å². The second-order valence-corrected chi connectivity index (χ2v) is 5.87. The van der Waals surface area contributed by atoms with Crippen molar-refractivity contribution >= 4 is 15.9 Å². The van der Waals surface area contributed by atoms with E-state index in [1.165, 1.54) is 6.42 Å². The first-order chi connectivity index (χ1) is 8.68. The maximum absolute atomic E-state index is 5.69. The lowest BCUT2D eigenvalue weighted by atomic mass is 9.95. The molecule has 0 aromatic heterocycles. The van der Waals surface area contributed by atoms with E-state index in [9.17, 15) is 0 Å². The lowest BCUT2D eigenvalue weighted by molar-refractivity contribution is 0.0273. The van der Waals surface area contributed by atoms with Crippen LogP contribution in [0.25, 0.3) is 0 Å². The van der Waals surface area contributed by atoms with Crippen LogP contribution >= 0.6 is 15.9 Å². The Morgan fingerprint density at radius 1 is 1.50 bits per heavy atom. The van der Waals surface area contributed by atoms with Crippen molar-refractivity contribution in [2.75, 3.05) is 26.4 Å². The number of benzene rings is 1. The van der Waals surface area contributed by atoms with Gasteiger partial charge in [-0.15, -0.1) is 0 Å². The van der Waals surface area contributed by atoms with Gasteiger partial charge in [-0.05, 0) is 38.0 Å². The molecular formula is C14H20BrNO2. The van der Waals surface area contributed by atoms with Crippen LogP contribution in [0.1, 0.15) is 19.8 Å². The van der Waals surface area contributed by atoms with E-state index in [-0.39, 0.29) is 5.54 Å². The van der Waals surface area contributed by atoms with Crippen LogP contribution in [0.4, 0.5) is 0 Å². The van der Waals surface area contributed by atoms with Gasteiger partial charge in [0.2, 0.25) is 0 Å². The fourth-order valence-corrected chi connectivity index (χ4v) is 2.53. The normalized spacial score (nSPS) is 23.9. The quantitative estimate of drug-likeness (QED) is 0.848. The molecule has 0 spiro atoms. The number of rotatable bonds is 5. The van der Waals surface area contributed by atoms with Crippen LogP contribution in [0.15, 0.2) is 28.7 Å². The average Bonchev–Trinajstić information content (AvgIpc) is 2.36. The summed E-state index contributed by atoms with van der Waals surface area (Å²) in [4.78, 5) is 0. The van der Waals surface area contributed by atoms with Crippen molar-refractivity contribution in [3.05, 3.63) is 28.7 Å². The van der Waals surface area contributed by atoms with Gasteiger partial charge in [0.05, 0.1) is 6.61 Å². The zero-order valence-corrected chi connectivity index (χ0v) is 12.3. The van der Waals surface area contributed by atoms with Crippen molar-refractivity contribution in [1.82, 2.24) is 5.32 Å². The molecule has 1 unspecified atom stereocenters. The highest BCUT2D eigenvalue weighted by Crippen LogP contribution is 2.19. The first-order valence-electron chi connectivity index (χ1n) is 6.39. The van der Waals surface area contributed by atoms with Crippen LogP contribution in [0.3, 0.4) is 0 Å². The fourth-order valence-electron chi connectivity index (χ4n) is 2.15. The van der Waals surface area contributed by atoms with Gasteiger partial charge in [-0.25, -0.2) is 0 Å². The zero-order chi connectivity index (χ0) is 12.8. The Hall–Kier alpha value is -0.580. The first-order valence-corrected chi connectivity index (χ1v) is 7.18. The van der Waals surface area contributed by atoms with Crippen LogP contribution in [-0.2, 0) is 4.74 Å². The maximum Gasteiger partial charge on any atom is 0.120 e. The molecule has 100 valence electrons. The smallest absolute Gasteiger partial charge is 0.120 e. The summed E-state index contributed by atoms with van der Waals surface area (Å²) in [6, 6.07) is 7.91. The molecule has 1 aliphatic rings. The Kier molecular flexibility index (Phi) is 5.03. The van der Waals surface area contributed by atoms with Crippen molar-refractivity contribution in [2.24, 2.45) is 0 Å². The Labute approximate surface area is 117 Å². The molecule has 18 heavy (non-hydrogen) atoms. The van der Waals surface area contributed by atoms with E-state index < -0.39 is 0 Å². The number of halogens is 1. The topological polar surface area (TPSA) is 30.5 Å². The predicted molar refractivity (Wildman–Crippen MR) is 76.1 cm³/mol. The second kappa shape index (κ2) is 6.55. The van der Waals surface area contributed by atoms with Gasteiger partial charge in [0.15, 0.2) is 0 Å². The zero-order valence-electron chi connectivity index (χ0n) is 10.7. The summed E-state index contributed by atoms with van der Waals surface area (Å²) < 4.78 is 12.2. The van der Waals surface area contributed by atoms with E-state index in [0.717, 1.165) is 36.4 Å². The Balaban J connectivity index is 1.69. The van der Waals surface area contributed by atoms with Gasteiger partial charge in [0, 0.05) is 23.2 Å². The molecule has 1 aromatic rings. The Bertz CT molecular complexity index is 378. The maximum atomic E-state index is 5.69. The molecule has 0 radical (unpaired) electrons. The minimum Gasteiger partial charge on any atom is -0.492 e. The van der Waals surface area contributed by atoms with Gasteiger partial charge in [0.1, 0.15) is 12.4 Å². The second-order valence-electron chi connectivity index (χ2n) is 4.95. The average molecular weight is 314 g/mol. The molecule has 1 saturated heterocycles. The molecule has 2 rings (SSSR count). The number of nitrogens with one attached hydrogen (secondary N) is 1. The monoisotopic (exact) mass is 313 g/mol. The van der Waals surface area contributed by atoms with Gasteiger partial charge >= 0.3 is 0 Å². The minimum absolute atomic E-state index is 0.110. The molecule has 1 heterocycles. The summed E-state index contributed by atoms with van der Waals surface area (Å²) in [7, 11) is 0. The summed E-state index contributed by atoms with van der Waals surface area (Å²) in [6.07, 6.45) is 2.31. The molecule has 1 atom stereocenters. The van der Waals surface area contributed by atoms with E-state index in [0.29, 0.717) is 6.61 Å². The molecule has 0 saturated carbocycles. The third-order valence-electron chi connectivity index (χ3n) is 3.16. The largest absolute Gasteiger partial charge is 0.492 e. The lowest BCUT2D eigenvalue weighted by Gasteiger charge is -2.34. The van der Waals surface area contributed by atoms with Crippen molar-refractivity contribution in [3.63, 3.8) is 0 Å². The molecule has 3 nitrogen and oxygen atoms in total. The van der Waals surface area contributed by atoms with Crippen LogP contribution in [0.2, 0.25) is 0 Å². The van der Waals surface area contributed by atoms with Crippen molar-refractivity contribution in [2.45, 2.75) is 25.3 Å². The van der Waals surface area contributed by atoms with Gasteiger partial charge < -0.3 is 14.8 Å². The molecular weight excluding hydrogens is 294 g/mol. The third-order valence-corrected chi connectivity index (χ3v) is 3.65. The highest BCUT2D eigenvalue weighted by Gasteiger charge is 2.26. The summed E-state index contributed by atoms with van der Waals surface area (Å²) in [5, 5.41) is 3.52. The molecule has 1 fully saturated rings. The van der Waals surface area contributed by atoms with Crippen molar-refractivity contribution in [1.29, 1.82) is 0 Å². The Morgan fingerprint density at radius 3 is 3.11 bits per heavy atom. The molecule has 0 bridgehead atoms. The van der Waals surface area contributed by atoms with Crippen molar-refractivity contribution in [3.8, 4) is 5.75 Å². The molecule has 1 N–H and O–H groups in total. The number of hydrogen-bond donors (Lipinski definition) is 1. The molecule has 0 amide bonds. The highest BCUT2D eigenvalue weighted by atomic mass is 79.9. The van der Waals surface area contributed by atoms with E-state index in [1.807, 2.05) is 24.3 Å². The van der Waals surface area contributed by atoms with E-state index in [2.05, 4.69) is 28.2 Å². The summed E-state index contributed by atoms with van der Waals surface area (Å²) in [5.41, 5.74) is 0.110. The van der Waals surface area contributed by atoms with E-state index in [1.54, 1.807) is 0 Å². The minimum atomic E-state index is 0.110. The summed E-state index contributed by atoms with van der Waals surface area (Å²) >= 11 is 3.43. The van der Waals surface area contributed by atoms with Gasteiger partial charge in [-0.1, -0.05) is 22.0 Å². The molecule has 4 heteroatoms.